The third kappa shape index (κ3) is 5.20. The maximum atomic E-state index is 2.44. The fraction of sp³-hybridized carbons (Fsp3) is 0. The van der Waals surface area contributed by atoms with Crippen LogP contribution in [0.5, 0.6) is 0 Å². The average molecular weight is 702 g/mol. The zero-order chi connectivity index (χ0) is 36.3. The lowest BCUT2D eigenvalue weighted by molar-refractivity contribution is 1.18. The molecule has 258 valence electrons. The van der Waals surface area contributed by atoms with E-state index in [2.05, 4.69) is 227 Å². The molecule has 8 bridgehead atoms. The van der Waals surface area contributed by atoms with Gasteiger partial charge in [-0.3, -0.25) is 0 Å². The van der Waals surface area contributed by atoms with Crippen LogP contribution in [0.4, 0.5) is 34.1 Å². The summed E-state index contributed by atoms with van der Waals surface area (Å²) in [5.41, 5.74) is 14.8. The molecule has 10 aromatic rings. The first-order chi connectivity index (χ1) is 27.3. The van der Waals surface area contributed by atoms with Gasteiger partial charge in [-0.2, -0.15) is 0 Å². The smallest absolute Gasteiger partial charge is 0.0562 e. The first-order valence-electron chi connectivity index (χ1n) is 18.8. The molecule has 3 heteroatoms. The van der Waals surface area contributed by atoms with Gasteiger partial charge in [0.1, 0.15) is 0 Å². The molecule has 11 rings (SSSR count). The van der Waals surface area contributed by atoms with E-state index in [-0.39, 0.29) is 0 Å². The Hall–Kier alpha value is -7.36. The van der Waals surface area contributed by atoms with Crippen LogP contribution >= 0.6 is 0 Å². The molecular formula is C52H35N3. The highest BCUT2D eigenvalue weighted by molar-refractivity contribution is 6.16. The van der Waals surface area contributed by atoms with E-state index < -0.39 is 0 Å². The molecule has 0 spiro atoms. The Labute approximate surface area is 320 Å². The van der Waals surface area contributed by atoms with Gasteiger partial charge in [-0.1, -0.05) is 121 Å². The maximum absolute atomic E-state index is 2.44. The Bertz CT molecular complexity index is 2980. The second-order valence-electron chi connectivity index (χ2n) is 14.3. The molecule has 55 heavy (non-hydrogen) atoms. The number of fused-ring (bicyclic) bond motifs is 14. The Morgan fingerprint density at radius 1 is 0.273 bits per heavy atom. The Morgan fingerprint density at radius 2 is 0.745 bits per heavy atom. The molecule has 0 amide bonds. The molecule has 1 aliphatic heterocycles. The number of para-hydroxylation sites is 2. The molecule has 0 N–H and O–H groups in total. The summed E-state index contributed by atoms with van der Waals surface area (Å²) in [4.78, 5) is 4.83. The number of hydrogen-bond acceptors (Lipinski definition) is 2. The lowest BCUT2D eigenvalue weighted by Crippen LogP contribution is -2.11. The van der Waals surface area contributed by atoms with Crippen molar-refractivity contribution in [2.45, 2.75) is 0 Å². The van der Waals surface area contributed by atoms with Gasteiger partial charge in [0.05, 0.1) is 16.7 Å². The van der Waals surface area contributed by atoms with E-state index in [9.17, 15) is 0 Å². The van der Waals surface area contributed by atoms with Crippen LogP contribution in [0, 0.1) is 0 Å². The van der Waals surface area contributed by atoms with Crippen LogP contribution in [0.25, 0.3) is 60.5 Å². The molecule has 3 nitrogen and oxygen atoms in total. The van der Waals surface area contributed by atoms with Crippen molar-refractivity contribution in [3.63, 3.8) is 0 Å². The van der Waals surface area contributed by atoms with Crippen LogP contribution in [-0.2, 0) is 0 Å². The lowest BCUT2D eigenvalue weighted by atomic mass is 9.99. The standard InChI is InChI=1S/C52H35N3/c1-2-19-42(20-3-1)55-49-26-7-6-25-48(49)52-50(27-12-28-51(52)55)54-45-23-10-17-40(34-45)38-15-8-21-43(32-38)53(47-30-29-36-13-4-5-14-37(36)31-47)44-22-9-16-39(33-44)41-18-11-24-46(54)35-41/h1-35H. The molecule has 0 saturated heterocycles. The minimum atomic E-state index is 1.10. The van der Waals surface area contributed by atoms with Gasteiger partial charge in [-0.25, -0.2) is 0 Å². The van der Waals surface area contributed by atoms with Gasteiger partial charge >= 0.3 is 0 Å². The molecule has 0 atom stereocenters. The largest absolute Gasteiger partial charge is 0.310 e. The normalized spacial score (nSPS) is 12.3. The Kier molecular flexibility index (Phi) is 7.17. The summed E-state index contributed by atoms with van der Waals surface area (Å²) >= 11 is 0. The topological polar surface area (TPSA) is 11.4 Å². The zero-order valence-electron chi connectivity index (χ0n) is 30.0. The lowest BCUT2D eigenvalue weighted by Gasteiger charge is -2.29. The van der Waals surface area contributed by atoms with Crippen molar-refractivity contribution in [3.05, 3.63) is 212 Å². The highest BCUT2D eigenvalue weighted by Crippen LogP contribution is 2.46. The molecule has 0 aliphatic carbocycles. The van der Waals surface area contributed by atoms with E-state index in [0.29, 0.717) is 0 Å². The van der Waals surface area contributed by atoms with Crippen LogP contribution in [-0.4, -0.2) is 4.57 Å². The molecule has 2 heterocycles. The van der Waals surface area contributed by atoms with Gasteiger partial charge < -0.3 is 14.4 Å². The van der Waals surface area contributed by atoms with Crippen molar-refractivity contribution in [1.29, 1.82) is 0 Å². The quantitative estimate of drug-likeness (QED) is 0.182. The molecule has 1 aliphatic rings. The van der Waals surface area contributed by atoms with Crippen molar-refractivity contribution >= 4 is 66.7 Å². The Morgan fingerprint density at radius 3 is 1.38 bits per heavy atom. The highest BCUT2D eigenvalue weighted by Gasteiger charge is 2.23. The number of nitrogens with zero attached hydrogens (tertiary/aromatic N) is 3. The van der Waals surface area contributed by atoms with E-state index in [1.807, 2.05) is 0 Å². The molecule has 0 radical (unpaired) electrons. The highest BCUT2D eigenvalue weighted by atomic mass is 15.2. The third-order valence-corrected chi connectivity index (χ3v) is 11.0. The minimum Gasteiger partial charge on any atom is -0.310 e. The van der Waals surface area contributed by atoms with Crippen LogP contribution in [0.2, 0.25) is 0 Å². The van der Waals surface area contributed by atoms with Crippen molar-refractivity contribution in [1.82, 2.24) is 4.57 Å². The van der Waals surface area contributed by atoms with Gasteiger partial charge in [-0.15, -0.1) is 0 Å². The first-order valence-corrected chi connectivity index (χ1v) is 18.8. The number of rotatable bonds is 3. The summed E-state index contributed by atoms with van der Waals surface area (Å²) < 4.78 is 2.39. The minimum absolute atomic E-state index is 1.10. The molecule has 0 fully saturated rings. The van der Waals surface area contributed by atoms with E-state index in [0.717, 1.165) is 62.1 Å². The first kappa shape index (κ1) is 31.2. The summed E-state index contributed by atoms with van der Waals surface area (Å²) in [6, 6.07) is 77.4. The number of benzene rings is 9. The van der Waals surface area contributed by atoms with E-state index in [4.69, 9.17) is 0 Å². The second kappa shape index (κ2) is 12.6. The van der Waals surface area contributed by atoms with Crippen molar-refractivity contribution < 1.29 is 0 Å². The fourth-order valence-electron chi connectivity index (χ4n) is 8.53. The second-order valence-corrected chi connectivity index (χ2v) is 14.3. The van der Waals surface area contributed by atoms with Gasteiger partial charge in [0, 0.05) is 44.9 Å². The zero-order valence-corrected chi connectivity index (χ0v) is 30.0. The Balaban J connectivity index is 1.17. The fourth-order valence-corrected chi connectivity index (χ4v) is 8.53. The van der Waals surface area contributed by atoms with E-state index in [1.54, 1.807) is 0 Å². The monoisotopic (exact) mass is 701 g/mol. The molecular weight excluding hydrogens is 667 g/mol. The van der Waals surface area contributed by atoms with Gasteiger partial charge in [0.25, 0.3) is 0 Å². The van der Waals surface area contributed by atoms with Crippen molar-refractivity contribution in [2.75, 3.05) is 9.80 Å². The number of anilines is 6. The molecule has 1 aromatic heterocycles. The van der Waals surface area contributed by atoms with Crippen molar-refractivity contribution in [3.8, 4) is 27.9 Å². The van der Waals surface area contributed by atoms with E-state index >= 15 is 0 Å². The summed E-state index contributed by atoms with van der Waals surface area (Å²) in [7, 11) is 0. The predicted octanol–water partition coefficient (Wildman–Crippen LogP) is 14.5. The number of hydrogen-bond donors (Lipinski definition) is 0. The molecule has 9 aromatic carbocycles. The summed E-state index contributed by atoms with van der Waals surface area (Å²) in [5.74, 6) is 0. The SMILES string of the molecule is c1ccc(-n2c3ccccc3c3c(N4c5cccc(c5)-c5cccc(c5)N(c5ccc6ccccc6c5)c5cccc(c5)-c5cccc4c5)cccc32)cc1. The summed E-state index contributed by atoms with van der Waals surface area (Å²) in [6.45, 7) is 0. The van der Waals surface area contributed by atoms with Gasteiger partial charge in [0.2, 0.25) is 0 Å². The van der Waals surface area contributed by atoms with Crippen LogP contribution in [0.15, 0.2) is 212 Å². The van der Waals surface area contributed by atoms with Crippen LogP contribution in [0.3, 0.4) is 0 Å². The van der Waals surface area contributed by atoms with E-state index in [1.165, 1.54) is 32.6 Å². The molecule has 0 unspecified atom stereocenters. The van der Waals surface area contributed by atoms with Crippen molar-refractivity contribution in [2.24, 2.45) is 0 Å². The summed E-state index contributed by atoms with van der Waals surface area (Å²) in [5, 5.41) is 4.88. The van der Waals surface area contributed by atoms with Crippen LogP contribution in [0.1, 0.15) is 0 Å². The predicted molar refractivity (Wildman–Crippen MR) is 232 cm³/mol. The number of aromatic nitrogens is 1. The molecule has 0 saturated carbocycles. The van der Waals surface area contributed by atoms with Gasteiger partial charge in [-0.05, 0) is 124 Å². The third-order valence-electron chi connectivity index (χ3n) is 11.0. The maximum Gasteiger partial charge on any atom is 0.0562 e. The van der Waals surface area contributed by atoms with Crippen LogP contribution < -0.4 is 9.80 Å². The average Bonchev–Trinajstić information content (AvgIpc) is 3.59. The summed E-state index contributed by atoms with van der Waals surface area (Å²) in [6.07, 6.45) is 0. The van der Waals surface area contributed by atoms with Gasteiger partial charge in [0.15, 0.2) is 0 Å².